The maximum absolute atomic E-state index is 13.2. The van der Waals surface area contributed by atoms with E-state index >= 15 is 0 Å². The number of nitrogens with one attached hydrogen (secondary N) is 2. The zero-order valence-corrected chi connectivity index (χ0v) is 19.6. The van der Waals surface area contributed by atoms with E-state index in [1.807, 2.05) is 12.1 Å². The first kappa shape index (κ1) is 23.3. The number of nitrogens with zero attached hydrogens (tertiary/aromatic N) is 5. The van der Waals surface area contributed by atoms with Crippen molar-refractivity contribution in [3.05, 3.63) is 73.0 Å². The van der Waals surface area contributed by atoms with Crippen LogP contribution in [0.15, 0.2) is 73.0 Å². The molecule has 3 aromatic heterocycles. The minimum absolute atomic E-state index is 0.395. The molecular weight excluding hydrogens is 461 g/mol. The van der Waals surface area contributed by atoms with E-state index in [9.17, 15) is 9.18 Å². The Morgan fingerprint density at radius 3 is 2.58 bits per heavy atom. The van der Waals surface area contributed by atoms with Gasteiger partial charge in [-0.25, -0.2) is 14.4 Å². The van der Waals surface area contributed by atoms with Gasteiger partial charge >= 0.3 is 0 Å². The van der Waals surface area contributed by atoms with Crippen molar-refractivity contribution < 1.29 is 13.9 Å². The Bertz CT molecular complexity index is 1420. The minimum atomic E-state index is -0.595. The summed E-state index contributed by atoms with van der Waals surface area (Å²) in [6.45, 7) is 4.41. The van der Waals surface area contributed by atoms with Gasteiger partial charge in [-0.3, -0.25) is 14.8 Å². The normalized spacial score (nSPS) is 14.1. The number of halogens is 1. The van der Waals surface area contributed by atoms with Gasteiger partial charge in [0.15, 0.2) is 0 Å². The van der Waals surface area contributed by atoms with Crippen molar-refractivity contribution in [3.63, 3.8) is 0 Å². The van der Waals surface area contributed by atoms with Crippen LogP contribution in [-0.4, -0.2) is 52.1 Å². The van der Waals surface area contributed by atoms with Crippen LogP contribution in [0.25, 0.3) is 22.3 Å². The molecule has 1 fully saturated rings. The van der Waals surface area contributed by atoms with E-state index in [1.54, 1.807) is 36.8 Å². The van der Waals surface area contributed by atoms with Gasteiger partial charge in [0.2, 0.25) is 5.95 Å². The fourth-order valence-electron chi connectivity index (χ4n) is 3.94. The molecule has 10 heteroatoms. The Kier molecular flexibility index (Phi) is 6.76. The summed E-state index contributed by atoms with van der Waals surface area (Å²) >= 11 is 0. The van der Waals surface area contributed by atoms with E-state index < -0.39 is 11.7 Å². The molecule has 0 radical (unpaired) electrons. The van der Waals surface area contributed by atoms with Crippen LogP contribution in [0.4, 0.5) is 27.4 Å². The third-order valence-electron chi connectivity index (χ3n) is 5.62. The van der Waals surface area contributed by atoms with Gasteiger partial charge < -0.3 is 20.3 Å². The number of hydrogen-bond donors (Lipinski definition) is 2. The number of rotatable bonds is 6. The van der Waals surface area contributed by atoms with Crippen molar-refractivity contribution in [2.24, 2.45) is 0 Å². The molecule has 4 heterocycles. The van der Waals surface area contributed by atoms with Crippen molar-refractivity contribution in [3.8, 4) is 11.4 Å². The molecule has 0 aliphatic carbocycles. The van der Waals surface area contributed by atoms with E-state index in [-0.39, 0.29) is 0 Å². The summed E-state index contributed by atoms with van der Waals surface area (Å²) in [6.07, 6.45) is 5.80. The number of carbonyl (C=O) groups is 1. The van der Waals surface area contributed by atoms with Gasteiger partial charge in [0.1, 0.15) is 22.7 Å². The average Bonchev–Trinajstić information content (AvgIpc) is 2.89. The summed E-state index contributed by atoms with van der Waals surface area (Å²) in [5.74, 6) is -0.793. The third-order valence-corrected chi connectivity index (χ3v) is 5.62. The molecule has 1 aliphatic heterocycles. The molecule has 1 saturated heterocycles. The Morgan fingerprint density at radius 2 is 1.81 bits per heavy atom. The zero-order chi connectivity index (χ0) is 24.9. The third kappa shape index (κ3) is 5.28. The van der Waals surface area contributed by atoms with Crippen LogP contribution in [-0.2, 0) is 9.53 Å². The van der Waals surface area contributed by atoms with Crippen molar-refractivity contribution in [2.45, 2.75) is 6.92 Å². The molecule has 0 bridgehead atoms. The van der Waals surface area contributed by atoms with E-state index in [0.717, 1.165) is 49.1 Å². The molecule has 182 valence electrons. The summed E-state index contributed by atoms with van der Waals surface area (Å²) in [6, 6.07) is 13.2. The van der Waals surface area contributed by atoms with Gasteiger partial charge in [-0.15, -0.1) is 0 Å². The second-order valence-corrected chi connectivity index (χ2v) is 8.18. The van der Waals surface area contributed by atoms with Gasteiger partial charge in [-0.1, -0.05) is 0 Å². The quantitative estimate of drug-likeness (QED) is 0.385. The van der Waals surface area contributed by atoms with E-state index in [1.165, 1.54) is 6.92 Å². The molecule has 2 N–H and O–H groups in total. The number of anilines is 4. The van der Waals surface area contributed by atoms with Crippen LogP contribution in [0.3, 0.4) is 0 Å². The predicted octanol–water partition coefficient (Wildman–Crippen LogP) is 4.48. The minimum Gasteiger partial charge on any atom is -0.378 e. The Hall–Kier alpha value is -4.44. The number of ether oxygens (including phenoxy) is 1. The smallest absolute Gasteiger partial charge is 0.251 e. The molecule has 0 unspecified atom stereocenters. The molecule has 1 aliphatic rings. The number of carbonyl (C=O) groups excluding carboxylic acids is 1. The number of allylic oxidation sites excluding steroid dienone is 1. The maximum atomic E-state index is 13.2. The van der Waals surface area contributed by atoms with Crippen molar-refractivity contribution >= 4 is 39.8 Å². The topological polar surface area (TPSA) is 105 Å². The number of morpholine rings is 1. The lowest BCUT2D eigenvalue weighted by Gasteiger charge is -2.28. The van der Waals surface area contributed by atoms with Crippen molar-refractivity contribution in [2.75, 3.05) is 41.8 Å². The van der Waals surface area contributed by atoms with Crippen LogP contribution in [0.1, 0.15) is 6.92 Å². The van der Waals surface area contributed by atoms with Crippen LogP contribution in [0, 0.1) is 0 Å². The Morgan fingerprint density at radius 1 is 1.03 bits per heavy atom. The molecule has 1 amide bonds. The molecule has 1 aromatic carbocycles. The lowest BCUT2D eigenvalue weighted by molar-refractivity contribution is -0.112. The van der Waals surface area contributed by atoms with E-state index in [0.29, 0.717) is 28.5 Å². The van der Waals surface area contributed by atoms with Gasteiger partial charge in [0, 0.05) is 54.5 Å². The highest BCUT2D eigenvalue weighted by atomic mass is 19.1. The lowest BCUT2D eigenvalue weighted by Crippen LogP contribution is -2.36. The van der Waals surface area contributed by atoms with Gasteiger partial charge in [0.25, 0.3) is 5.91 Å². The number of hydrogen-bond acceptors (Lipinski definition) is 8. The summed E-state index contributed by atoms with van der Waals surface area (Å²) in [5.41, 5.74) is 3.82. The van der Waals surface area contributed by atoms with Crippen molar-refractivity contribution in [1.82, 2.24) is 19.9 Å². The highest BCUT2D eigenvalue weighted by Crippen LogP contribution is 2.30. The molecule has 4 aromatic rings. The number of amides is 1. The lowest BCUT2D eigenvalue weighted by atomic mass is 10.1. The summed E-state index contributed by atoms with van der Waals surface area (Å²) in [5, 5.41) is 6.66. The van der Waals surface area contributed by atoms with Crippen LogP contribution < -0.4 is 15.5 Å². The fourth-order valence-corrected chi connectivity index (χ4v) is 3.94. The highest BCUT2D eigenvalue weighted by Gasteiger charge is 2.16. The summed E-state index contributed by atoms with van der Waals surface area (Å²) < 4.78 is 18.6. The van der Waals surface area contributed by atoms with E-state index in [2.05, 4.69) is 42.6 Å². The SMILES string of the molecule is CC(F)=CC(=O)Nc1cccnc1-c1nccc2cnc(Nc3ccc(N4CCOCC4)cc3)nc12. The molecular formula is C26H24FN7O2. The van der Waals surface area contributed by atoms with Gasteiger partial charge in [-0.05, 0) is 49.4 Å². The molecule has 9 nitrogen and oxygen atoms in total. The van der Waals surface area contributed by atoms with Gasteiger partial charge in [-0.2, -0.15) is 0 Å². The first-order chi connectivity index (χ1) is 17.6. The van der Waals surface area contributed by atoms with Crippen LogP contribution in [0.2, 0.25) is 0 Å². The van der Waals surface area contributed by atoms with E-state index in [4.69, 9.17) is 9.72 Å². The second-order valence-electron chi connectivity index (χ2n) is 8.18. The zero-order valence-electron chi connectivity index (χ0n) is 19.6. The predicted molar refractivity (Wildman–Crippen MR) is 137 cm³/mol. The standard InChI is InChI=1S/C26H24FN7O2/c1-17(27)15-22(35)32-21-3-2-9-28-24(21)25-23-18(8-10-29-25)16-30-26(33-23)31-19-4-6-20(7-5-19)34-11-13-36-14-12-34/h2-10,15-16H,11-14H2,1H3,(H,32,35)(H,30,31,33). The highest BCUT2D eigenvalue weighted by molar-refractivity contribution is 6.03. The van der Waals surface area contributed by atoms with Gasteiger partial charge in [0.05, 0.1) is 18.9 Å². The number of pyridine rings is 2. The maximum Gasteiger partial charge on any atom is 0.251 e. The number of benzene rings is 1. The second kappa shape index (κ2) is 10.4. The van der Waals surface area contributed by atoms with Crippen LogP contribution in [0.5, 0.6) is 0 Å². The first-order valence-electron chi connectivity index (χ1n) is 11.5. The molecule has 5 rings (SSSR count). The Labute approximate surface area is 207 Å². The monoisotopic (exact) mass is 485 g/mol. The van der Waals surface area contributed by atoms with Crippen LogP contribution >= 0.6 is 0 Å². The molecule has 0 atom stereocenters. The largest absolute Gasteiger partial charge is 0.378 e. The number of fused-ring (bicyclic) bond motifs is 1. The molecule has 36 heavy (non-hydrogen) atoms. The Balaban J connectivity index is 1.44. The molecule has 0 saturated carbocycles. The van der Waals surface area contributed by atoms with Crippen molar-refractivity contribution in [1.29, 1.82) is 0 Å². The number of aromatic nitrogens is 4. The fraction of sp³-hybridized carbons (Fsp3) is 0.192. The summed E-state index contributed by atoms with van der Waals surface area (Å²) in [7, 11) is 0. The summed E-state index contributed by atoms with van der Waals surface area (Å²) in [4.78, 5) is 32.4. The average molecular weight is 486 g/mol. The first-order valence-corrected chi connectivity index (χ1v) is 11.5. The molecule has 0 spiro atoms.